The lowest BCUT2D eigenvalue weighted by molar-refractivity contribution is 0.776. The molecule has 1 rings (SSSR count). The molecule has 0 saturated heterocycles. The third-order valence-corrected chi connectivity index (χ3v) is 2.18. The minimum absolute atomic E-state index is 0.827. The molecule has 1 heterocycles. The molecule has 0 amide bonds. The van der Waals surface area contributed by atoms with Crippen LogP contribution in [0.15, 0.2) is 24.5 Å². The summed E-state index contributed by atoms with van der Waals surface area (Å²) in [4.78, 5) is 5.94. The van der Waals surface area contributed by atoms with Gasteiger partial charge in [0.05, 0.1) is 0 Å². The number of pyridine rings is 1. The summed E-state index contributed by atoms with van der Waals surface area (Å²) in [6.45, 7) is 2.17. The highest BCUT2D eigenvalue weighted by Gasteiger charge is 1.88. The lowest BCUT2D eigenvalue weighted by Gasteiger charge is -2.10. The monoisotopic (exact) mass is 228 g/mol. The van der Waals surface area contributed by atoms with Crippen molar-refractivity contribution in [1.29, 1.82) is 0 Å². The second-order valence-corrected chi connectivity index (χ2v) is 3.87. The fraction of sp³-hybridized carbons (Fsp3) is 0.583. The quantitative estimate of drug-likeness (QED) is 0.579. The molecule has 15 heavy (non-hydrogen) atoms. The van der Waals surface area contributed by atoms with Crippen LogP contribution in [0.3, 0.4) is 0 Å². The SMILES string of the molecule is CCCCCCl.CN(C)c1ccncc1. The Balaban J connectivity index is 0.000000288. The van der Waals surface area contributed by atoms with Crippen molar-refractivity contribution in [2.45, 2.75) is 26.2 Å². The molecule has 3 heteroatoms. The van der Waals surface area contributed by atoms with Gasteiger partial charge in [-0.05, 0) is 18.6 Å². The lowest BCUT2D eigenvalue weighted by atomic mass is 10.3. The third-order valence-electron chi connectivity index (χ3n) is 1.92. The van der Waals surface area contributed by atoms with Gasteiger partial charge in [0.25, 0.3) is 0 Å². The Morgan fingerprint density at radius 1 is 1.20 bits per heavy atom. The van der Waals surface area contributed by atoms with Gasteiger partial charge in [-0.15, -0.1) is 11.6 Å². The highest BCUT2D eigenvalue weighted by Crippen LogP contribution is 2.05. The normalized spacial score (nSPS) is 9.07. The third kappa shape index (κ3) is 8.25. The van der Waals surface area contributed by atoms with Crippen LogP contribution < -0.4 is 4.90 Å². The summed E-state index contributed by atoms with van der Waals surface area (Å²) in [6.07, 6.45) is 7.30. The van der Waals surface area contributed by atoms with E-state index in [4.69, 9.17) is 11.6 Å². The van der Waals surface area contributed by atoms with Crippen molar-refractivity contribution < 1.29 is 0 Å². The van der Waals surface area contributed by atoms with Crippen molar-refractivity contribution in [2.75, 3.05) is 24.9 Å². The zero-order valence-electron chi connectivity index (χ0n) is 9.91. The van der Waals surface area contributed by atoms with Crippen LogP contribution >= 0.6 is 11.6 Å². The number of hydrogen-bond donors (Lipinski definition) is 0. The molecule has 0 unspecified atom stereocenters. The van der Waals surface area contributed by atoms with Crippen molar-refractivity contribution in [2.24, 2.45) is 0 Å². The molecule has 0 N–H and O–H groups in total. The maximum absolute atomic E-state index is 5.38. The Hall–Kier alpha value is -0.760. The molecule has 0 saturated carbocycles. The van der Waals surface area contributed by atoms with Gasteiger partial charge in [-0.25, -0.2) is 0 Å². The first-order chi connectivity index (χ1) is 7.22. The van der Waals surface area contributed by atoms with Gasteiger partial charge in [0.2, 0.25) is 0 Å². The highest BCUT2D eigenvalue weighted by molar-refractivity contribution is 6.17. The summed E-state index contributed by atoms with van der Waals surface area (Å²) in [5.74, 6) is 0.827. The maximum Gasteiger partial charge on any atom is 0.0391 e. The van der Waals surface area contributed by atoms with E-state index >= 15 is 0 Å². The maximum atomic E-state index is 5.38. The molecular weight excluding hydrogens is 208 g/mol. The second kappa shape index (κ2) is 9.78. The van der Waals surface area contributed by atoms with E-state index in [0.717, 1.165) is 5.88 Å². The number of rotatable bonds is 4. The minimum atomic E-state index is 0.827. The van der Waals surface area contributed by atoms with E-state index in [-0.39, 0.29) is 0 Å². The number of hydrogen-bond acceptors (Lipinski definition) is 2. The summed E-state index contributed by atoms with van der Waals surface area (Å²) in [7, 11) is 4.02. The van der Waals surface area contributed by atoms with Crippen molar-refractivity contribution in [3.63, 3.8) is 0 Å². The fourth-order valence-corrected chi connectivity index (χ4v) is 1.18. The van der Waals surface area contributed by atoms with Gasteiger partial charge in [-0.3, -0.25) is 4.98 Å². The van der Waals surface area contributed by atoms with Crippen LogP contribution in [0.25, 0.3) is 0 Å². The summed E-state index contributed by atoms with van der Waals surface area (Å²) in [5.41, 5.74) is 1.19. The van der Waals surface area contributed by atoms with Crippen molar-refractivity contribution in [1.82, 2.24) is 4.98 Å². The first-order valence-electron chi connectivity index (χ1n) is 5.35. The molecule has 0 atom stereocenters. The van der Waals surface area contributed by atoms with Crippen LogP contribution in [0.2, 0.25) is 0 Å². The zero-order chi connectivity index (χ0) is 11.5. The molecule has 0 aliphatic heterocycles. The van der Waals surface area contributed by atoms with E-state index < -0.39 is 0 Å². The van der Waals surface area contributed by atoms with Crippen molar-refractivity contribution >= 4 is 17.3 Å². The average Bonchev–Trinajstić information content (AvgIpc) is 2.28. The number of halogens is 1. The molecule has 0 bridgehead atoms. The Morgan fingerprint density at radius 2 is 1.80 bits per heavy atom. The van der Waals surface area contributed by atoms with E-state index in [9.17, 15) is 0 Å². The molecular formula is C12H21ClN2. The van der Waals surface area contributed by atoms with Crippen LogP contribution in [0.5, 0.6) is 0 Å². The first-order valence-corrected chi connectivity index (χ1v) is 5.89. The zero-order valence-corrected chi connectivity index (χ0v) is 10.7. The number of anilines is 1. The molecule has 1 aromatic heterocycles. The molecule has 86 valence electrons. The van der Waals surface area contributed by atoms with Crippen LogP contribution in [0, 0.1) is 0 Å². The molecule has 0 aromatic carbocycles. The summed E-state index contributed by atoms with van der Waals surface area (Å²) >= 11 is 5.38. The van der Waals surface area contributed by atoms with Gasteiger partial charge < -0.3 is 4.90 Å². The molecule has 2 nitrogen and oxygen atoms in total. The Morgan fingerprint density at radius 3 is 2.07 bits per heavy atom. The molecule has 1 aromatic rings. The topological polar surface area (TPSA) is 16.1 Å². The van der Waals surface area contributed by atoms with Gasteiger partial charge in [0, 0.05) is 38.1 Å². The van der Waals surface area contributed by atoms with Crippen LogP contribution in [-0.2, 0) is 0 Å². The van der Waals surface area contributed by atoms with Crippen LogP contribution in [0.1, 0.15) is 26.2 Å². The Labute approximate surface area is 98.3 Å². The van der Waals surface area contributed by atoms with E-state index in [0.29, 0.717) is 0 Å². The minimum Gasteiger partial charge on any atom is -0.378 e. The van der Waals surface area contributed by atoms with Gasteiger partial charge in [-0.1, -0.05) is 19.8 Å². The molecule has 0 spiro atoms. The van der Waals surface area contributed by atoms with Crippen molar-refractivity contribution in [3.05, 3.63) is 24.5 Å². The van der Waals surface area contributed by atoms with Crippen LogP contribution in [0.4, 0.5) is 5.69 Å². The molecule has 0 radical (unpaired) electrons. The number of aromatic nitrogens is 1. The molecule has 0 aliphatic carbocycles. The molecule has 0 fully saturated rings. The second-order valence-electron chi connectivity index (χ2n) is 3.50. The smallest absolute Gasteiger partial charge is 0.0391 e. The van der Waals surface area contributed by atoms with E-state index in [1.54, 1.807) is 12.4 Å². The number of nitrogens with zero attached hydrogens (tertiary/aromatic N) is 2. The Kier molecular flexibility index (Phi) is 9.29. The van der Waals surface area contributed by atoms with Crippen molar-refractivity contribution in [3.8, 4) is 0 Å². The fourth-order valence-electron chi connectivity index (χ4n) is 0.987. The summed E-state index contributed by atoms with van der Waals surface area (Å²) in [6, 6.07) is 3.94. The van der Waals surface area contributed by atoms with E-state index in [1.165, 1.54) is 24.9 Å². The Bertz CT molecular complexity index is 220. The largest absolute Gasteiger partial charge is 0.378 e. The lowest BCUT2D eigenvalue weighted by Crippen LogP contribution is -2.07. The average molecular weight is 229 g/mol. The standard InChI is InChI=1S/C7H10N2.C5H11Cl/c1-9(2)7-3-5-8-6-4-7;1-2-3-4-5-6/h3-6H,1-2H3;2-5H2,1H3. The van der Waals surface area contributed by atoms with Gasteiger partial charge in [-0.2, -0.15) is 0 Å². The van der Waals surface area contributed by atoms with Gasteiger partial charge in [0.15, 0.2) is 0 Å². The summed E-state index contributed by atoms with van der Waals surface area (Å²) < 4.78 is 0. The van der Waals surface area contributed by atoms with Gasteiger partial charge in [0.1, 0.15) is 0 Å². The molecule has 0 aliphatic rings. The van der Waals surface area contributed by atoms with Gasteiger partial charge >= 0.3 is 0 Å². The predicted molar refractivity (Wildman–Crippen MR) is 68.8 cm³/mol. The van der Waals surface area contributed by atoms with E-state index in [1.807, 2.05) is 31.1 Å². The first kappa shape index (κ1) is 14.2. The number of unbranched alkanes of at least 4 members (excludes halogenated alkanes) is 2. The highest BCUT2D eigenvalue weighted by atomic mass is 35.5. The van der Waals surface area contributed by atoms with Crippen LogP contribution in [-0.4, -0.2) is 25.0 Å². The number of alkyl halides is 1. The van der Waals surface area contributed by atoms with E-state index in [2.05, 4.69) is 11.9 Å². The predicted octanol–water partition coefficient (Wildman–Crippen LogP) is 3.56. The summed E-state index contributed by atoms with van der Waals surface area (Å²) in [5, 5.41) is 0.